The highest BCUT2D eigenvalue weighted by atomic mass is 16.6. The number of aliphatic hydroxyl groups is 1. The molecule has 0 aromatic heterocycles. The minimum Gasteiger partial charge on any atom is -0.508 e. The first kappa shape index (κ1) is 17.6. The van der Waals surface area contributed by atoms with E-state index >= 15 is 0 Å². The maximum atomic E-state index is 12.1. The van der Waals surface area contributed by atoms with Crippen LogP contribution < -0.4 is 0 Å². The normalized spacial score (nSPS) is 16.4. The van der Waals surface area contributed by atoms with E-state index < -0.39 is 5.60 Å². The summed E-state index contributed by atoms with van der Waals surface area (Å²) in [5, 5.41) is 19.2. The quantitative estimate of drug-likeness (QED) is 0.898. The van der Waals surface area contributed by atoms with Gasteiger partial charge in [-0.05, 0) is 63.1 Å². The Bertz CT molecular complexity index is 542. The molecule has 0 spiro atoms. The molecule has 1 heterocycles. The zero-order valence-corrected chi connectivity index (χ0v) is 14.2. The van der Waals surface area contributed by atoms with Crippen LogP contribution in [-0.2, 0) is 11.2 Å². The van der Waals surface area contributed by atoms with Crippen molar-refractivity contribution in [2.24, 2.45) is 0 Å². The summed E-state index contributed by atoms with van der Waals surface area (Å²) in [6, 6.07) is 5.50. The topological polar surface area (TPSA) is 70.0 Å². The predicted octanol–water partition coefficient (Wildman–Crippen LogP) is 3.04. The third-order valence-electron chi connectivity index (χ3n) is 4.08. The van der Waals surface area contributed by atoms with Crippen LogP contribution in [0.3, 0.4) is 0 Å². The van der Waals surface area contributed by atoms with Gasteiger partial charge in [-0.15, -0.1) is 0 Å². The number of phenolic OH excluding ortho intramolecular Hbond substituents is 1. The second kappa shape index (κ2) is 7.21. The van der Waals surface area contributed by atoms with Crippen LogP contribution in [0.15, 0.2) is 18.2 Å². The third kappa shape index (κ3) is 4.86. The molecule has 1 aromatic carbocycles. The fraction of sp³-hybridized carbons (Fsp3) is 0.611. The number of piperidine rings is 1. The average Bonchev–Trinajstić information content (AvgIpc) is 2.48. The molecule has 1 aliphatic heterocycles. The van der Waals surface area contributed by atoms with Crippen LogP contribution in [0.25, 0.3) is 0 Å². The molecule has 0 radical (unpaired) electrons. The monoisotopic (exact) mass is 321 g/mol. The van der Waals surface area contributed by atoms with Gasteiger partial charge in [0.15, 0.2) is 0 Å². The number of hydrogen-bond donors (Lipinski definition) is 2. The molecule has 1 fully saturated rings. The number of amides is 1. The van der Waals surface area contributed by atoms with Crippen LogP contribution in [0.1, 0.15) is 50.7 Å². The molecule has 2 rings (SSSR count). The SMILES string of the molecule is CC(C)(C)OC(=O)N1CCC(c2cc(CCO)ccc2O)CC1. The molecule has 1 saturated heterocycles. The van der Waals surface area contributed by atoms with Crippen molar-refractivity contribution in [2.45, 2.75) is 51.6 Å². The second-order valence-corrected chi connectivity index (χ2v) is 7.11. The van der Waals surface area contributed by atoms with Crippen LogP contribution in [0, 0.1) is 0 Å². The zero-order valence-electron chi connectivity index (χ0n) is 14.2. The Balaban J connectivity index is 1.99. The Hall–Kier alpha value is -1.75. The fourth-order valence-corrected chi connectivity index (χ4v) is 2.92. The van der Waals surface area contributed by atoms with Gasteiger partial charge in [-0.2, -0.15) is 0 Å². The van der Waals surface area contributed by atoms with Gasteiger partial charge in [0.2, 0.25) is 0 Å². The summed E-state index contributed by atoms with van der Waals surface area (Å²) in [4.78, 5) is 13.8. The van der Waals surface area contributed by atoms with Gasteiger partial charge >= 0.3 is 6.09 Å². The number of ether oxygens (including phenoxy) is 1. The van der Waals surface area contributed by atoms with Crippen molar-refractivity contribution in [3.63, 3.8) is 0 Å². The van der Waals surface area contributed by atoms with Gasteiger partial charge in [0, 0.05) is 19.7 Å². The maximum Gasteiger partial charge on any atom is 0.410 e. The fourth-order valence-electron chi connectivity index (χ4n) is 2.92. The third-order valence-corrected chi connectivity index (χ3v) is 4.08. The van der Waals surface area contributed by atoms with Crippen LogP contribution in [0.5, 0.6) is 5.75 Å². The van der Waals surface area contributed by atoms with E-state index in [0.29, 0.717) is 25.3 Å². The van der Waals surface area contributed by atoms with Crippen molar-refractivity contribution in [1.29, 1.82) is 0 Å². The largest absolute Gasteiger partial charge is 0.508 e. The standard InChI is InChI=1S/C18H27NO4/c1-18(2,3)23-17(22)19-9-6-14(7-10-19)15-12-13(8-11-20)4-5-16(15)21/h4-5,12,14,20-21H,6-11H2,1-3H3. The Morgan fingerprint density at radius 1 is 1.30 bits per heavy atom. The van der Waals surface area contributed by atoms with Gasteiger partial charge in [-0.1, -0.05) is 12.1 Å². The number of hydrogen-bond acceptors (Lipinski definition) is 4. The lowest BCUT2D eigenvalue weighted by Gasteiger charge is -2.33. The number of aliphatic hydroxyl groups excluding tert-OH is 1. The molecule has 0 aliphatic carbocycles. The van der Waals surface area contributed by atoms with Crippen LogP contribution >= 0.6 is 0 Å². The van der Waals surface area contributed by atoms with E-state index in [9.17, 15) is 9.90 Å². The first-order chi connectivity index (χ1) is 10.8. The van der Waals surface area contributed by atoms with Gasteiger partial charge in [-0.25, -0.2) is 4.79 Å². The number of carbonyl (C=O) groups is 1. The highest BCUT2D eigenvalue weighted by molar-refractivity contribution is 5.68. The van der Waals surface area contributed by atoms with Gasteiger partial charge in [0.05, 0.1) is 0 Å². The van der Waals surface area contributed by atoms with Gasteiger partial charge in [0.1, 0.15) is 11.4 Å². The molecule has 1 aliphatic rings. The Morgan fingerprint density at radius 2 is 1.96 bits per heavy atom. The molecule has 0 atom stereocenters. The molecule has 0 unspecified atom stereocenters. The second-order valence-electron chi connectivity index (χ2n) is 7.11. The summed E-state index contributed by atoms with van der Waals surface area (Å²) in [5.74, 6) is 0.523. The van der Waals surface area contributed by atoms with E-state index in [0.717, 1.165) is 24.0 Å². The number of benzene rings is 1. The molecular formula is C18H27NO4. The molecule has 1 amide bonds. The van der Waals surface area contributed by atoms with E-state index in [2.05, 4.69) is 0 Å². The summed E-state index contributed by atoms with van der Waals surface area (Å²) in [6.45, 7) is 6.95. The van der Waals surface area contributed by atoms with Crippen LogP contribution in [0.4, 0.5) is 4.79 Å². The van der Waals surface area contributed by atoms with E-state index in [1.165, 1.54) is 0 Å². The number of phenols is 1. The molecule has 128 valence electrons. The van der Waals surface area contributed by atoms with Crippen molar-refractivity contribution in [3.05, 3.63) is 29.3 Å². The molecule has 5 nitrogen and oxygen atoms in total. The average molecular weight is 321 g/mol. The molecule has 2 N–H and O–H groups in total. The Labute approximate surface area is 137 Å². The first-order valence-electron chi connectivity index (χ1n) is 8.21. The number of carbonyl (C=O) groups excluding carboxylic acids is 1. The Kier molecular flexibility index (Phi) is 5.52. The zero-order chi connectivity index (χ0) is 17.0. The van der Waals surface area contributed by atoms with Crippen molar-refractivity contribution in [1.82, 2.24) is 4.90 Å². The summed E-state index contributed by atoms with van der Waals surface area (Å²) < 4.78 is 5.40. The van der Waals surface area contributed by atoms with Crippen molar-refractivity contribution in [3.8, 4) is 5.75 Å². The van der Waals surface area contributed by atoms with E-state index in [-0.39, 0.29) is 18.6 Å². The van der Waals surface area contributed by atoms with Gasteiger partial charge in [0.25, 0.3) is 0 Å². The molecule has 0 saturated carbocycles. The summed E-state index contributed by atoms with van der Waals surface area (Å²) in [6.07, 6.45) is 1.92. The minimum atomic E-state index is -0.481. The van der Waals surface area contributed by atoms with E-state index in [1.54, 1.807) is 11.0 Å². The summed E-state index contributed by atoms with van der Waals surface area (Å²) >= 11 is 0. The lowest BCUT2D eigenvalue weighted by molar-refractivity contribution is 0.0204. The molecule has 0 bridgehead atoms. The van der Waals surface area contributed by atoms with Gasteiger partial charge < -0.3 is 19.8 Å². The number of nitrogens with zero attached hydrogens (tertiary/aromatic N) is 1. The van der Waals surface area contributed by atoms with Crippen LogP contribution in [-0.4, -0.2) is 46.5 Å². The van der Waals surface area contributed by atoms with Crippen LogP contribution in [0.2, 0.25) is 0 Å². The number of likely N-dealkylation sites (tertiary alicyclic amines) is 1. The van der Waals surface area contributed by atoms with Crippen molar-refractivity contribution in [2.75, 3.05) is 19.7 Å². The lowest BCUT2D eigenvalue weighted by Crippen LogP contribution is -2.41. The summed E-state index contributed by atoms with van der Waals surface area (Å²) in [5.41, 5.74) is 1.46. The molecule has 5 heteroatoms. The number of rotatable bonds is 3. The lowest BCUT2D eigenvalue weighted by atomic mass is 9.87. The Morgan fingerprint density at radius 3 is 2.52 bits per heavy atom. The number of aromatic hydroxyl groups is 1. The smallest absolute Gasteiger partial charge is 0.410 e. The molecular weight excluding hydrogens is 294 g/mol. The maximum absolute atomic E-state index is 12.1. The molecule has 23 heavy (non-hydrogen) atoms. The molecule has 1 aromatic rings. The minimum absolute atomic E-state index is 0.0985. The summed E-state index contributed by atoms with van der Waals surface area (Å²) in [7, 11) is 0. The van der Waals surface area contributed by atoms with Gasteiger partial charge in [-0.3, -0.25) is 0 Å². The highest BCUT2D eigenvalue weighted by Gasteiger charge is 2.28. The predicted molar refractivity (Wildman–Crippen MR) is 88.7 cm³/mol. The van der Waals surface area contributed by atoms with Crippen molar-refractivity contribution >= 4 is 6.09 Å². The van der Waals surface area contributed by atoms with Crippen molar-refractivity contribution < 1.29 is 19.7 Å². The first-order valence-corrected chi connectivity index (χ1v) is 8.21. The van der Waals surface area contributed by atoms with E-state index in [4.69, 9.17) is 9.84 Å². The van der Waals surface area contributed by atoms with E-state index in [1.807, 2.05) is 32.9 Å². The highest BCUT2D eigenvalue weighted by Crippen LogP contribution is 2.34.